The molecular formula is C16H27N3O. The van der Waals surface area contributed by atoms with E-state index in [2.05, 4.69) is 28.1 Å². The second kappa shape index (κ2) is 8.59. The number of hydrogen-bond acceptors (Lipinski definition) is 2. The average molecular weight is 277 g/mol. The smallest absolute Gasteiger partial charge is 0.318 e. The van der Waals surface area contributed by atoms with Gasteiger partial charge in [-0.2, -0.15) is 0 Å². The van der Waals surface area contributed by atoms with Gasteiger partial charge in [0.1, 0.15) is 0 Å². The van der Waals surface area contributed by atoms with Crippen molar-refractivity contribution in [3.8, 4) is 0 Å². The van der Waals surface area contributed by atoms with Gasteiger partial charge < -0.3 is 16.0 Å². The molecule has 0 unspecified atom stereocenters. The Morgan fingerprint density at radius 1 is 1.25 bits per heavy atom. The van der Waals surface area contributed by atoms with E-state index in [0.29, 0.717) is 5.92 Å². The quantitative estimate of drug-likeness (QED) is 0.777. The fraction of sp³-hybridized carbons (Fsp3) is 0.562. The third-order valence-corrected chi connectivity index (χ3v) is 3.46. The second-order valence-electron chi connectivity index (χ2n) is 4.82. The molecule has 1 fully saturated rings. The lowest BCUT2D eigenvalue weighted by atomic mass is 9.88. The van der Waals surface area contributed by atoms with Gasteiger partial charge in [0.25, 0.3) is 0 Å². The van der Waals surface area contributed by atoms with Gasteiger partial charge in [0.05, 0.1) is 0 Å². The van der Waals surface area contributed by atoms with E-state index in [1.807, 2.05) is 26.8 Å². The van der Waals surface area contributed by atoms with Crippen molar-refractivity contribution in [2.75, 3.05) is 25.5 Å². The maximum absolute atomic E-state index is 11.5. The third kappa shape index (κ3) is 4.53. The first-order valence-corrected chi connectivity index (χ1v) is 7.50. The monoisotopic (exact) mass is 277 g/mol. The molecule has 3 N–H and O–H groups in total. The molecule has 2 rings (SSSR count). The summed E-state index contributed by atoms with van der Waals surface area (Å²) in [6, 6.07) is 6.16. The molecule has 0 aromatic heterocycles. The Morgan fingerprint density at radius 3 is 2.50 bits per heavy atom. The SMILES string of the molecule is CC.CNC(=O)Nc1cc(C)ccc1C1CCNCC1. The zero-order valence-corrected chi connectivity index (χ0v) is 13.0. The highest BCUT2D eigenvalue weighted by Crippen LogP contribution is 2.31. The van der Waals surface area contributed by atoms with Crippen molar-refractivity contribution in [2.45, 2.75) is 39.5 Å². The Kier molecular flexibility index (Phi) is 7.09. The molecular weight excluding hydrogens is 250 g/mol. The highest BCUT2D eigenvalue weighted by atomic mass is 16.2. The minimum atomic E-state index is -0.157. The van der Waals surface area contributed by atoms with Crippen molar-refractivity contribution < 1.29 is 4.79 Å². The molecule has 1 heterocycles. The number of aryl methyl sites for hydroxylation is 1. The van der Waals surface area contributed by atoms with Crippen LogP contribution in [-0.2, 0) is 0 Å². The van der Waals surface area contributed by atoms with Crippen LogP contribution in [0.15, 0.2) is 18.2 Å². The van der Waals surface area contributed by atoms with Crippen LogP contribution in [0.5, 0.6) is 0 Å². The molecule has 4 nitrogen and oxygen atoms in total. The summed E-state index contributed by atoms with van der Waals surface area (Å²) in [5.41, 5.74) is 3.37. The number of nitrogens with one attached hydrogen (secondary N) is 3. The van der Waals surface area contributed by atoms with E-state index in [1.54, 1.807) is 7.05 Å². The van der Waals surface area contributed by atoms with Gasteiger partial charge in [-0.25, -0.2) is 4.79 Å². The van der Waals surface area contributed by atoms with Gasteiger partial charge >= 0.3 is 6.03 Å². The van der Waals surface area contributed by atoms with Crippen molar-refractivity contribution in [2.24, 2.45) is 0 Å². The van der Waals surface area contributed by atoms with Crippen molar-refractivity contribution in [3.63, 3.8) is 0 Å². The molecule has 4 heteroatoms. The molecule has 0 bridgehead atoms. The topological polar surface area (TPSA) is 53.2 Å². The zero-order chi connectivity index (χ0) is 15.0. The molecule has 0 aliphatic carbocycles. The molecule has 0 saturated carbocycles. The number of amides is 2. The Balaban J connectivity index is 0.000000956. The first-order chi connectivity index (χ1) is 9.70. The van der Waals surface area contributed by atoms with Gasteiger partial charge in [-0.1, -0.05) is 26.0 Å². The zero-order valence-electron chi connectivity index (χ0n) is 13.0. The molecule has 112 valence electrons. The van der Waals surface area contributed by atoms with Crippen molar-refractivity contribution >= 4 is 11.7 Å². The van der Waals surface area contributed by atoms with Crippen LogP contribution in [0.25, 0.3) is 0 Å². The van der Waals surface area contributed by atoms with E-state index in [0.717, 1.165) is 31.6 Å². The van der Waals surface area contributed by atoms with Crippen LogP contribution in [0.1, 0.15) is 43.7 Å². The van der Waals surface area contributed by atoms with Crippen LogP contribution in [-0.4, -0.2) is 26.2 Å². The summed E-state index contributed by atoms with van der Waals surface area (Å²) in [5.74, 6) is 0.541. The molecule has 1 aromatic carbocycles. The molecule has 1 aliphatic rings. The number of carbonyl (C=O) groups is 1. The van der Waals surface area contributed by atoms with Gasteiger partial charge in [-0.3, -0.25) is 0 Å². The highest BCUT2D eigenvalue weighted by molar-refractivity contribution is 5.90. The number of urea groups is 1. The van der Waals surface area contributed by atoms with E-state index in [-0.39, 0.29) is 6.03 Å². The summed E-state index contributed by atoms with van der Waals surface area (Å²) >= 11 is 0. The van der Waals surface area contributed by atoms with E-state index in [1.165, 1.54) is 11.1 Å². The summed E-state index contributed by atoms with van der Waals surface area (Å²) in [7, 11) is 1.63. The minimum absolute atomic E-state index is 0.157. The van der Waals surface area contributed by atoms with Crippen LogP contribution in [0.3, 0.4) is 0 Å². The van der Waals surface area contributed by atoms with Crippen LogP contribution >= 0.6 is 0 Å². The predicted octanol–water partition coefficient (Wildman–Crippen LogP) is 3.24. The Hall–Kier alpha value is -1.55. The number of carbonyl (C=O) groups excluding carboxylic acids is 1. The van der Waals surface area contributed by atoms with E-state index >= 15 is 0 Å². The maximum Gasteiger partial charge on any atom is 0.318 e. The number of hydrogen-bond donors (Lipinski definition) is 3. The van der Waals surface area contributed by atoms with Crippen LogP contribution in [0.2, 0.25) is 0 Å². The Bertz CT molecular complexity index is 426. The minimum Gasteiger partial charge on any atom is -0.341 e. The van der Waals surface area contributed by atoms with Gasteiger partial charge in [0.15, 0.2) is 0 Å². The van der Waals surface area contributed by atoms with Gasteiger partial charge in [0.2, 0.25) is 0 Å². The highest BCUT2D eigenvalue weighted by Gasteiger charge is 2.18. The lowest BCUT2D eigenvalue weighted by molar-refractivity contribution is 0.254. The molecule has 0 atom stereocenters. The Morgan fingerprint density at radius 2 is 1.90 bits per heavy atom. The van der Waals surface area contributed by atoms with Crippen molar-refractivity contribution in [1.29, 1.82) is 0 Å². The number of piperidine rings is 1. The summed E-state index contributed by atoms with van der Waals surface area (Å²) in [6.45, 7) is 8.15. The summed E-state index contributed by atoms with van der Waals surface area (Å²) in [4.78, 5) is 11.5. The molecule has 1 saturated heterocycles. The fourth-order valence-electron chi connectivity index (χ4n) is 2.45. The van der Waals surface area contributed by atoms with Crippen LogP contribution in [0, 0.1) is 6.92 Å². The average Bonchev–Trinajstić information content (AvgIpc) is 2.50. The molecule has 2 amide bonds. The summed E-state index contributed by atoms with van der Waals surface area (Å²) in [5, 5.41) is 8.90. The molecule has 20 heavy (non-hydrogen) atoms. The molecule has 1 aromatic rings. The fourth-order valence-corrected chi connectivity index (χ4v) is 2.45. The molecule has 1 aliphatic heterocycles. The lowest BCUT2D eigenvalue weighted by Crippen LogP contribution is -2.28. The standard InChI is InChI=1S/C14H21N3O.C2H6/c1-10-3-4-12(11-5-7-16-8-6-11)13(9-10)17-14(18)15-2;1-2/h3-4,9,11,16H,5-8H2,1-2H3,(H2,15,17,18);1-2H3. The second-order valence-corrected chi connectivity index (χ2v) is 4.82. The first kappa shape index (κ1) is 16.5. The largest absolute Gasteiger partial charge is 0.341 e. The van der Waals surface area contributed by atoms with Crippen LogP contribution < -0.4 is 16.0 Å². The lowest BCUT2D eigenvalue weighted by Gasteiger charge is -2.25. The maximum atomic E-state index is 11.5. The number of rotatable bonds is 2. The van der Waals surface area contributed by atoms with E-state index in [9.17, 15) is 4.79 Å². The molecule has 0 radical (unpaired) electrons. The summed E-state index contributed by atoms with van der Waals surface area (Å²) < 4.78 is 0. The van der Waals surface area contributed by atoms with Crippen molar-refractivity contribution in [3.05, 3.63) is 29.3 Å². The predicted molar refractivity (Wildman–Crippen MR) is 85.5 cm³/mol. The van der Waals surface area contributed by atoms with Gasteiger partial charge in [-0.05, 0) is 56.0 Å². The number of anilines is 1. The molecule has 0 spiro atoms. The summed E-state index contributed by atoms with van der Waals surface area (Å²) in [6.07, 6.45) is 2.26. The third-order valence-electron chi connectivity index (χ3n) is 3.46. The van der Waals surface area contributed by atoms with Crippen molar-refractivity contribution in [1.82, 2.24) is 10.6 Å². The van der Waals surface area contributed by atoms with Crippen LogP contribution in [0.4, 0.5) is 10.5 Å². The first-order valence-electron chi connectivity index (χ1n) is 7.50. The van der Waals surface area contributed by atoms with E-state index < -0.39 is 0 Å². The number of benzene rings is 1. The normalized spacial score (nSPS) is 15.0. The van der Waals surface area contributed by atoms with Gasteiger partial charge in [0, 0.05) is 12.7 Å². The Labute approximate surface area is 122 Å². The van der Waals surface area contributed by atoms with E-state index in [4.69, 9.17) is 0 Å². The van der Waals surface area contributed by atoms with Gasteiger partial charge in [-0.15, -0.1) is 0 Å².